The number of carbonyl (C=O) groups is 5. The van der Waals surface area contributed by atoms with Crippen LogP contribution in [0.4, 0.5) is 24.8 Å². The molecule has 11 aliphatic rings. The van der Waals surface area contributed by atoms with Crippen molar-refractivity contribution in [2.75, 3.05) is 96.8 Å². The van der Waals surface area contributed by atoms with Gasteiger partial charge in [-0.05, 0) is 105 Å². The second kappa shape index (κ2) is 35.3. The number of nitrogen functional groups attached to an aromatic ring is 1. The minimum Gasteiger partial charge on any atom is -0.497 e. The SMILES string of the molecule is CC(=O)N1CCc2c(c(-c3cccc4ccncc34)nn2C2CCOCC2)C1.CC(=O)N1CCc2c(c(-c3cccc4nc(N)ncc34)nn2C2CCOCC2)C1.CC(=O)N1CCc2c(c(C3=CNC4N=CC(C(F)(F)F)=CC34)nn2C2CCOCC2)C1.COc1ccc(N2Cc3c(cccc3-c3nn(C4CCOCC4)c4c3CN(C(C)=O)CC4)C2=O)cc1. The smallest absolute Gasteiger partial charge is 0.417 e. The van der Waals surface area contributed by atoms with Crippen molar-refractivity contribution < 1.29 is 60.8 Å². The number of benzene rings is 4. The maximum Gasteiger partial charge on any atom is 0.417 e. The summed E-state index contributed by atoms with van der Waals surface area (Å²) >= 11 is 0. The van der Waals surface area contributed by atoms with E-state index in [9.17, 15) is 37.1 Å². The third kappa shape index (κ3) is 16.4. The number of hydrogen-bond donors (Lipinski definition) is 2. The predicted octanol–water partition coefficient (Wildman–Crippen LogP) is 12.3. The van der Waals surface area contributed by atoms with Gasteiger partial charge >= 0.3 is 6.18 Å². The molecule has 5 amide bonds. The number of methoxy groups -OCH3 is 1. The van der Waals surface area contributed by atoms with Gasteiger partial charge in [-0.3, -0.25) is 52.7 Å². The van der Waals surface area contributed by atoms with Crippen LogP contribution in [0, 0.1) is 5.92 Å². The lowest BCUT2D eigenvalue weighted by atomic mass is 9.90. The Kier molecular flexibility index (Phi) is 23.6. The highest BCUT2D eigenvalue weighted by Gasteiger charge is 2.43. The fourth-order valence-corrected chi connectivity index (χ4v) is 19.4. The van der Waals surface area contributed by atoms with Gasteiger partial charge in [0.25, 0.3) is 5.91 Å². The van der Waals surface area contributed by atoms with Gasteiger partial charge in [0.15, 0.2) is 0 Å². The third-order valence-electron chi connectivity index (χ3n) is 26.2. The Morgan fingerprint density at radius 3 is 1.40 bits per heavy atom. The number of halogens is 3. The zero-order valence-electron chi connectivity index (χ0n) is 70.4. The van der Waals surface area contributed by atoms with E-state index in [1.54, 1.807) is 50.1 Å². The Morgan fingerprint density at radius 1 is 0.500 bits per heavy atom. The number of dihydropyridines is 1. The number of pyridine rings is 1. The number of nitrogens with one attached hydrogen (secondary N) is 1. The molecule has 0 bridgehead atoms. The van der Waals surface area contributed by atoms with Crippen molar-refractivity contribution in [3.8, 4) is 39.5 Å². The molecule has 2 atom stereocenters. The van der Waals surface area contributed by atoms with Crippen molar-refractivity contribution in [2.24, 2.45) is 10.9 Å². The summed E-state index contributed by atoms with van der Waals surface area (Å²) in [5.41, 5.74) is 24.7. The van der Waals surface area contributed by atoms with Crippen molar-refractivity contribution >= 4 is 74.6 Å². The van der Waals surface area contributed by atoms with Gasteiger partial charge in [-0.1, -0.05) is 48.5 Å². The molecule has 0 spiro atoms. The van der Waals surface area contributed by atoms with Gasteiger partial charge in [0, 0.05) is 285 Å². The van der Waals surface area contributed by atoms with Gasteiger partial charge in [-0.15, -0.1) is 0 Å². The molecular weight excluding hydrogens is 1590 g/mol. The maximum atomic E-state index is 13.4. The number of amides is 5. The van der Waals surface area contributed by atoms with Crippen LogP contribution in [0.3, 0.4) is 0 Å². The Labute approximate surface area is 715 Å². The largest absolute Gasteiger partial charge is 0.497 e. The average molecular weight is 1690 g/mol. The molecule has 32 heteroatoms. The standard InChI is InChI=1S/C28H30N4O4.C22H24N4O2.C21H24F3N5O2.C21H24N6O2/c1-18(33)30-13-10-26-25(16-30)27(29-32(26)20-11-14-36-15-12-20)22-4-3-5-23-24(22)17-31(28(23)34)19-6-8-21(35-2)9-7-19;1-15(27)25-10-6-21-20(14-25)22(24-26(21)17-7-11-28-12-8-17)18-4-2-3-16-5-9-23-13-19(16)18;1-12(30)28-5-2-18-17(11-28)19(27-29(18)14-3-6-31-7-4-14)16-10-26-20-15(16)8-13(9-25-20)21(22,23)24;1-13(28)26-8-5-19-17(12-26)20(25-27(19)14-6-9-29-10-7-14)15-3-2-4-18-16(15)11-23-21(22)24-18/h3-9,20H,10-17H2,1-2H3;2-5,9,13,17H,6-8,10-12,14H2,1H3;8-10,14-15,20,26H,2-7,11H2,1H3;2-4,11,14H,5-10,12H2,1H3,(H2,22,23,24). The lowest BCUT2D eigenvalue weighted by Crippen LogP contribution is -2.35. The molecule has 10 aromatic rings. The van der Waals surface area contributed by atoms with Crippen molar-refractivity contribution in [1.82, 2.24) is 79.0 Å². The number of carbonyl (C=O) groups excluding carboxylic acids is 5. The molecule has 646 valence electrons. The van der Waals surface area contributed by atoms with Gasteiger partial charge < -0.3 is 59.2 Å². The van der Waals surface area contributed by atoms with E-state index in [1.807, 2.05) is 92.4 Å². The van der Waals surface area contributed by atoms with E-state index >= 15 is 0 Å². The third-order valence-corrected chi connectivity index (χ3v) is 26.2. The molecule has 11 aliphatic heterocycles. The Balaban J connectivity index is 0.000000113. The number of nitrogens with two attached hydrogens (primary N) is 1. The summed E-state index contributed by atoms with van der Waals surface area (Å²) in [6.07, 6.45) is 15.0. The summed E-state index contributed by atoms with van der Waals surface area (Å²) in [6.45, 7) is 17.8. The number of allylic oxidation sites excluding steroid dienone is 1. The highest BCUT2D eigenvalue weighted by atomic mass is 19.4. The number of nitrogens with zero attached hydrogens (tertiary/aromatic N) is 17. The molecule has 2 unspecified atom stereocenters. The van der Waals surface area contributed by atoms with Crippen molar-refractivity contribution in [1.29, 1.82) is 0 Å². The molecule has 124 heavy (non-hydrogen) atoms. The fourth-order valence-electron chi connectivity index (χ4n) is 19.4. The van der Waals surface area contributed by atoms with Crippen LogP contribution in [0.15, 0.2) is 126 Å². The van der Waals surface area contributed by atoms with E-state index in [2.05, 4.69) is 63.6 Å². The Bertz CT molecular complexity index is 5840. The minimum absolute atomic E-state index is 0.0138. The van der Waals surface area contributed by atoms with Gasteiger partial charge in [0.1, 0.15) is 11.9 Å². The first-order valence-corrected chi connectivity index (χ1v) is 43.2. The lowest BCUT2D eigenvalue weighted by Gasteiger charge is -2.29. The first-order valence-electron chi connectivity index (χ1n) is 43.2. The van der Waals surface area contributed by atoms with Crippen LogP contribution in [0.5, 0.6) is 5.75 Å². The second-order valence-electron chi connectivity index (χ2n) is 33.4. The van der Waals surface area contributed by atoms with E-state index in [0.717, 1.165) is 224 Å². The van der Waals surface area contributed by atoms with Crippen molar-refractivity contribution in [2.45, 2.75) is 174 Å². The number of aliphatic imine (C=N–C) groups is 1. The molecule has 4 saturated heterocycles. The van der Waals surface area contributed by atoms with Crippen molar-refractivity contribution in [3.63, 3.8) is 0 Å². The molecule has 3 N–H and O–H groups in total. The van der Waals surface area contributed by atoms with Crippen LogP contribution >= 0.6 is 0 Å². The number of rotatable bonds is 10. The lowest BCUT2D eigenvalue weighted by molar-refractivity contribution is -0.130. The zero-order valence-corrected chi connectivity index (χ0v) is 70.4. The first kappa shape index (κ1) is 82.9. The van der Waals surface area contributed by atoms with Crippen LogP contribution in [0.1, 0.15) is 170 Å². The average Bonchev–Trinajstić information content (AvgIpc) is 1.60. The molecule has 0 aliphatic carbocycles. The second-order valence-corrected chi connectivity index (χ2v) is 33.4. The molecular formula is C92H102F3N19O10. The highest BCUT2D eigenvalue weighted by Crippen LogP contribution is 2.46. The minimum atomic E-state index is -4.45. The molecule has 4 fully saturated rings. The Morgan fingerprint density at radius 2 is 0.927 bits per heavy atom. The summed E-state index contributed by atoms with van der Waals surface area (Å²) in [5, 5.41) is 26.6. The summed E-state index contributed by atoms with van der Waals surface area (Å²) in [7, 11) is 1.63. The molecule has 4 aromatic carbocycles. The predicted molar refractivity (Wildman–Crippen MR) is 458 cm³/mol. The summed E-state index contributed by atoms with van der Waals surface area (Å²) < 4.78 is 76.1. The van der Waals surface area contributed by atoms with Crippen molar-refractivity contribution in [3.05, 3.63) is 183 Å². The molecule has 29 nitrogen and oxygen atoms in total. The number of hydrogen-bond acceptors (Lipinski definition) is 20. The first-order chi connectivity index (χ1) is 60.2. The maximum absolute atomic E-state index is 13.4. The number of fused-ring (bicyclic) bond motifs is 8. The molecule has 17 heterocycles. The quantitative estimate of drug-likeness (QED) is 0.128. The molecule has 6 aromatic heterocycles. The van der Waals surface area contributed by atoms with Crippen LogP contribution in [-0.2, 0) is 96.5 Å². The summed E-state index contributed by atoms with van der Waals surface area (Å²) in [5.74, 6) is 0.704. The van der Waals surface area contributed by atoms with Crippen LogP contribution in [-0.4, -0.2) is 208 Å². The van der Waals surface area contributed by atoms with E-state index in [-0.39, 0.29) is 41.5 Å². The van der Waals surface area contributed by atoms with Crippen LogP contribution < -0.4 is 20.7 Å². The monoisotopic (exact) mass is 1690 g/mol. The van der Waals surface area contributed by atoms with E-state index < -0.39 is 23.8 Å². The van der Waals surface area contributed by atoms with Gasteiger partial charge in [0.2, 0.25) is 29.6 Å². The van der Waals surface area contributed by atoms with Gasteiger partial charge in [-0.2, -0.15) is 33.6 Å². The summed E-state index contributed by atoms with van der Waals surface area (Å²) in [6, 6.07) is 28.9. The topological polar surface area (TPSA) is 308 Å². The number of anilines is 2. The van der Waals surface area contributed by atoms with Crippen LogP contribution in [0.2, 0.25) is 0 Å². The van der Waals surface area contributed by atoms with E-state index in [4.69, 9.17) is 49.8 Å². The number of alkyl halides is 3. The zero-order chi connectivity index (χ0) is 85.6. The number of aromatic nitrogens is 11. The number of ether oxygens (including phenoxy) is 5. The van der Waals surface area contributed by atoms with E-state index in [1.165, 1.54) is 35.6 Å². The molecule has 0 saturated carbocycles. The molecule has 21 rings (SSSR count). The summed E-state index contributed by atoms with van der Waals surface area (Å²) in [4.78, 5) is 88.1. The molecule has 0 radical (unpaired) electrons. The highest BCUT2D eigenvalue weighted by molar-refractivity contribution is 6.11. The normalized spacial score (nSPS) is 19.8. The van der Waals surface area contributed by atoms with Gasteiger partial charge in [-0.25, -0.2) is 9.97 Å². The Hall–Kier alpha value is -12.0. The van der Waals surface area contributed by atoms with E-state index in [0.29, 0.717) is 100 Å². The van der Waals surface area contributed by atoms with Gasteiger partial charge in [0.05, 0.1) is 71.7 Å². The fraction of sp³-hybridized carbons (Fsp3) is 0.446. The van der Waals surface area contributed by atoms with Crippen LogP contribution in [0.25, 0.3) is 61.0 Å².